The molecule has 4 saturated carbocycles. The summed E-state index contributed by atoms with van der Waals surface area (Å²) in [6, 6.07) is 3.90. The lowest BCUT2D eigenvalue weighted by Crippen LogP contribution is -2.58. The van der Waals surface area contributed by atoms with Crippen LogP contribution in [0.25, 0.3) is 0 Å². The molecule has 2 N–H and O–H groups in total. The van der Waals surface area contributed by atoms with Gasteiger partial charge in [-0.15, -0.1) is 0 Å². The molecule has 1 aromatic carbocycles. The summed E-state index contributed by atoms with van der Waals surface area (Å²) in [5.41, 5.74) is -1.14. The zero-order valence-corrected chi connectivity index (χ0v) is 17.7. The second-order valence-corrected chi connectivity index (χ2v) is 9.89. The van der Waals surface area contributed by atoms with E-state index in [1.165, 1.54) is 37.5 Å². The van der Waals surface area contributed by atoms with Crippen molar-refractivity contribution in [3.8, 4) is 11.5 Å². The number of phenols is 1. The van der Waals surface area contributed by atoms with Crippen LogP contribution in [0.4, 0.5) is 0 Å². The third-order valence-electron chi connectivity index (χ3n) is 8.15. The first-order valence-corrected chi connectivity index (χ1v) is 11.1. The van der Waals surface area contributed by atoms with Gasteiger partial charge in [-0.25, -0.2) is 4.79 Å². The minimum absolute atomic E-state index is 0.131. The summed E-state index contributed by atoms with van der Waals surface area (Å²) in [7, 11) is 1.62. The first-order valence-electron chi connectivity index (χ1n) is 11.1. The Morgan fingerprint density at radius 3 is 2.19 bits per heavy atom. The second kappa shape index (κ2) is 7.14. The van der Waals surface area contributed by atoms with E-state index in [4.69, 9.17) is 14.6 Å². The Labute approximate surface area is 181 Å². The zero-order valence-electron chi connectivity index (χ0n) is 17.7. The molecule has 6 nitrogen and oxygen atoms in total. The minimum atomic E-state index is -1.23. The molecule has 4 fully saturated rings. The van der Waals surface area contributed by atoms with Crippen LogP contribution < -0.4 is 4.74 Å². The Bertz CT molecular complexity index is 954. The standard InChI is InChI=1S/C25H28O6/c1-30-18-4-6-25(7-5-18,24-12-15-8-16(13-24)10-17(9-15)14-24)23(29)31-19-2-3-20(22(27)28)21(26)11-19/h2-6,11,15-17,26H,7-10,12-14H2,1H3,(H,27,28). The van der Waals surface area contributed by atoms with E-state index >= 15 is 0 Å². The van der Waals surface area contributed by atoms with E-state index in [2.05, 4.69) is 0 Å². The van der Waals surface area contributed by atoms with Gasteiger partial charge >= 0.3 is 11.9 Å². The predicted molar refractivity (Wildman–Crippen MR) is 113 cm³/mol. The third kappa shape index (κ3) is 3.15. The van der Waals surface area contributed by atoms with Crippen molar-refractivity contribution in [3.63, 3.8) is 0 Å². The molecule has 6 rings (SSSR count). The average molecular weight is 424 g/mol. The third-order valence-corrected chi connectivity index (χ3v) is 8.15. The maximum Gasteiger partial charge on any atom is 0.339 e. The van der Waals surface area contributed by atoms with E-state index in [9.17, 15) is 14.7 Å². The number of ether oxygens (including phenoxy) is 2. The number of hydrogen-bond donors (Lipinski definition) is 2. The van der Waals surface area contributed by atoms with Crippen LogP contribution in [-0.4, -0.2) is 29.3 Å². The number of rotatable bonds is 5. The maximum absolute atomic E-state index is 13.8. The smallest absolute Gasteiger partial charge is 0.339 e. The summed E-state index contributed by atoms with van der Waals surface area (Å²) in [6.07, 6.45) is 13.3. The molecule has 1 unspecified atom stereocenters. The van der Waals surface area contributed by atoms with Crippen molar-refractivity contribution in [2.45, 2.75) is 44.9 Å². The van der Waals surface area contributed by atoms with Crippen LogP contribution in [0.2, 0.25) is 0 Å². The molecule has 4 bridgehead atoms. The number of carboxylic acid groups (broad SMARTS) is 1. The fourth-order valence-electron chi connectivity index (χ4n) is 7.15. The molecular formula is C25H28O6. The van der Waals surface area contributed by atoms with Gasteiger partial charge in [0.25, 0.3) is 0 Å². The fraction of sp³-hybridized carbons (Fsp3) is 0.520. The van der Waals surface area contributed by atoms with E-state index < -0.39 is 17.1 Å². The van der Waals surface area contributed by atoms with Crippen molar-refractivity contribution in [1.82, 2.24) is 0 Å². The van der Waals surface area contributed by atoms with Gasteiger partial charge in [-0.2, -0.15) is 0 Å². The van der Waals surface area contributed by atoms with Gasteiger partial charge in [-0.05, 0) is 92.4 Å². The van der Waals surface area contributed by atoms with Crippen LogP contribution in [0.3, 0.4) is 0 Å². The summed E-state index contributed by atoms with van der Waals surface area (Å²) in [5, 5.41) is 19.2. The summed E-state index contributed by atoms with van der Waals surface area (Å²) in [6.45, 7) is 0. The number of carboxylic acids is 1. The van der Waals surface area contributed by atoms with Gasteiger partial charge in [0.1, 0.15) is 22.8 Å². The van der Waals surface area contributed by atoms with Crippen molar-refractivity contribution in [2.75, 3.05) is 7.11 Å². The number of allylic oxidation sites excluding steroid dienone is 2. The largest absolute Gasteiger partial charge is 0.507 e. The number of benzene rings is 1. The Hall–Kier alpha value is -2.76. The average Bonchev–Trinajstić information content (AvgIpc) is 2.72. The number of aromatic carboxylic acids is 1. The normalized spacial score (nSPS) is 35.5. The molecule has 0 spiro atoms. The number of carbonyl (C=O) groups excluding carboxylic acids is 1. The first kappa shape index (κ1) is 20.2. The van der Waals surface area contributed by atoms with Crippen LogP contribution in [0.5, 0.6) is 11.5 Å². The molecule has 6 heteroatoms. The first-order chi connectivity index (χ1) is 14.8. The van der Waals surface area contributed by atoms with Gasteiger partial charge in [0.05, 0.1) is 12.5 Å². The molecule has 0 heterocycles. The number of carbonyl (C=O) groups is 2. The molecule has 1 atom stereocenters. The van der Waals surface area contributed by atoms with Crippen molar-refractivity contribution in [1.29, 1.82) is 0 Å². The highest BCUT2D eigenvalue weighted by Gasteiger charge is 2.63. The van der Waals surface area contributed by atoms with Gasteiger partial charge in [-0.1, -0.05) is 6.08 Å². The minimum Gasteiger partial charge on any atom is -0.507 e. The maximum atomic E-state index is 13.8. The zero-order chi connectivity index (χ0) is 21.8. The number of methoxy groups -OCH3 is 1. The second-order valence-electron chi connectivity index (χ2n) is 9.89. The molecule has 0 aromatic heterocycles. The summed E-state index contributed by atoms with van der Waals surface area (Å²) in [4.78, 5) is 25.0. The van der Waals surface area contributed by atoms with Crippen LogP contribution in [-0.2, 0) is 9.53 Å². The Balaban J connectivity index is 1.50. The molecule has 0 radical (unpaired) electrons. The highest BCUT2D eigenvalue weighted by molar-refractivity contribution is 5.91. The molecule has 1 aromatic rings. The van der Waals surface area contributed by atoms with Crippen LogP contribution >= 0.6 is 0 Å². The van der Waals surface area contributed by atoms with Gasteiger partial charge in [-0.3, -0.25) is 4.79 Å². The van der Waals surface area contributed by atoms with Crippen molar-refractivity contribution in [3.05, 3.63) is 47.7 Å². The Kier molecular flexibility index (Phi) is 4.65. The van der Waals surface area contributed by atoms with Crippen LogP contribution in [0, 0.1) is 28.6 Å². The molecule has 31 heavy (non-hydrogen) atoms. The molecule has 164 valence electrons. The van der Waals surface area contributed by atoms with Crippen molar-refractivity contribution < 1.29 is 29.3 Å². The van der Waals surface area contributed by atoms with E-state index in [0.717, 1.165) is 25.0 Å². The quantitative estimate of drug-likeness (QED) is 0.526. The highest BCUT2D eigenvalue weighted by Crippen LogP contribution is 2.68. The fourth-order valence-corrected chi connectivity index (χ4v) is 7.15. The molecular weight excluding hydrogens is 396 g/mol. The SMILES string of the molecule is COC1=CCC(C(=O)Oc2ccc(C(=O)O)c(O)c2)(C23CC4CC(CC(C4)C2)C3)C=C1. The summed E-state index contributed by atoms with van der Waals surface area (Å²) >= 11 is 0. The summed E-state index contributed by atoms with van der Waals surface area (Å²) in [5.74, 6) is 0.959. The van der Waals surface area contributed by atoms with Crippen molar-refractivity contribution >= 4 is 11.9 Å². The van der Waals surface area contributed by atoms with E-state index in [-0.39, 0.29) is 22.7 Å². The summed E-state index contributed by atoms with van der Waals surface area (Å²) < 4.78 is 11.2. The number of esters is 1. The molecule has 5 aliphatic rings. The topological polar surface area (TPSA) is 93.1 Å². The molecule has 0 saturated heterocycles. The highest BCUT2D eigenvalue weighted by atomic mass is 16.5. The molecule has 5 aliphatic carbocycles. The van der Waals surface area contributed by atoms with Gasteiger partial charge in [0.15, 0.2) is 0 Å². The Morgan fingerprint density at radius 2 is 1.71 bits per heavy atom. The van der Waals surface area contributed by atoms with Crippen LogP contribution in [0.15, 0.2) is 42.2 Å². The monoisotopic (exact) mass is 424 g/mol. The predicted octanol–water partition coefficient (Wildman–Crippen LogP) is 4.69. The van der Waals surface area contributed by atoms with E-state index in [1.807, 2.05) is 18.2 Å². The lowest BCUT2D eigenvalue weighted by atomic mass is 9.41. The van der Waals surface area contributed by atoms with Gasteiger partial charge in [0, 0.05) is 6.07 Å². The molecule has 0 amide bonds. The lowest BCUT2D eigenvalue weighted by molar-refractivity contribution is -0.167. The number of hydrogen-bond acceptors (Lipinski definition) is 5. The van der Waals surface area contributed by atoms with E-state index in [1.54, 1.807) is 7.11 Å². The van der Waals surface area contributed by atoms with Gasteiger partial charge in [0.2, 0.25) is 0 Å². The molecule has 0 aliphatic heterocycles. The van der Waals surface area contributed by atoms with Crippen LogP contribution in [0.1, 0.15) is 55.3 Å². The van der Waals surface area contributed by atoms with Crippen molar-refractivity contribution in [2.24, 2.45) is 28.6 Å². The van der Waals surface area contributed by atoms with E-state index in [0.29, 0.717) is 24.2 Å². The Morgan fingerprint density at radius 1 is 1.06 bits per heavy atom. The lowest BCUT2D eigenvalue weighted by Gasteiger charge is -2.62. The number of aromatic hydroxyl groups is 1. The van der Waals surface area contributed by atoms with Gasteiger partial charge < -0.3 is 19.7 Å².